The van der Waals surface area contributed by atoms with Gasteiger partial charge in [-0.15, -0.1) is 0 Å². The third kappa shape index (κ3) is 3.30. The molecular weight excluding hydrogens is 336 g/mol. The smallest absolute Gasteiger partial charge is 0.264 e. The molecule has 0 spiro atoms. The quantitative estimate of drug-likeness (QED) is 0.497. The summed E-state index contributed by atoms with van der Waals surface area (Å²) >= 11 is 6.12. The number of aromatic hydroxyl groups is 1. The van der Waals surface area contributed by atoms with Gasteiger partial charge in [0.15, 0.2) is 4.77 Å². The molecule has 23 heavy (non-hydrogen) atoms. The van der Waals surface area contributed by atoms with Crippen molar-refractivity contribution in [3.05, 3.63) is 38.9 Å². The summed E-state index contributed by atoms with van der Waals surface area (Å²) in [5.41, 5.74) is 0.263. The maximum absolute atomic E-state index is 11.7. The number of fused-ring (bicyclic) bond motifs is 1. The molecule has 1 aromatic carbocycles. The van der Waals surface area contributed by atoms with E-state index in [-0.39, 0.29) is 16.2 Å². The average Bonchev–Trinajstić information content (AvgIpc) is 2.88. The van der Waals surface area contributed by atoms with Gasteiger partial charge in [0.05, 0.1) is 16.8 Å². The lowest BCUT2D eigenvalue weighted by Crippen LogP contribution is -2.13. The van der Waals surface area contributed by atoms with E-state index in [1.807, 2.05) is 25.1 Å². The molecule has 118 valence electrons. The lowest BCUT2D eigenvalue weighted by atomic mass is 10.3. The van der Waals surface area contributed by atoms with Crippen LogP contribution in [0, 0.1) is 4.77 Å². The maximum Gasteiger partial charge on any atom is 0.264 e. The van der Waals surface area contributed by atoms with Crippen molar-refractivity contribution in [2.75, 3.05) is 6.61 Å². The van der Waals surface area contributed by atoms with Gasteiger partial charge < -0.3 is 14.8 Å². The Morgan fingerprint density at radius 2 is 2.30 bits per heavy atom. The van der Waals surface area contributed by atoms with Gasteiger partial charge in [0.1, 0.15) is 11.3 Å². The zero-order chi connectivity index (χ0) is 16.4. The van der Waals surface area contributed by atoms with Crippen molar-refractivity contribution in [1.82, 2.24) is 15.0 Å². The highest BCUT2D eigenvalue weighted by Crippen LogP contribution is 2.30. The van der Waals surface area contributed by atoms with Crippen LogP contribution in [0.2, 0.25) is 0 Å². The van der Waals surface area contributed by atoms with Crippen LogP contribution in [0.25, 0.3) is 10.2 Å². The van der Waals surface area contributed by atoms with Crippen LogP contribution >= 0.6 is 23.6 Å². The lowest BCUT2D eigenvalue weighted by Gasteiger charge is -2.00. The largest absolute Gasteiger partial charge is 0.494 e. The number of hydrogen-bond acceptors (Lipinski definition) is 7. The first kappa shape index (κ1) is 15.4. The number of rotatable bonds is 4. The SMILES string of the molecule is CCOc1ccc2nc(/N=C/c3c(O)[nH]c(=S)[nH]c3=O)sc2c1. The number of nitrogens with one attached hydrogen (secondary N) is 2. The molecule has 3 N–H and O–H groups in total. The van der Waals surface area contributed by atoms with Crippen molar-refractivity contribution in [2.45, 2.75) is 6.92 Å². The van der Waals surface area contributed by atoms with Gasteiger partial charge in [-0.05, 0) is 37.3 Å². The maximum atomic E-state index is 11.7. The lowest BCUT2D eigenvalue weighted by molar-refractivity contribution is 0.341. The fourth-order valence-electron chi connectivity index (χ4n) is 1.93. The molecule has 3 aromatic rings. The molecule has 0 fully saturated rings. The van der Waals surface area contributed by atoms with E-state index in [2.05, 4.69) is 19.9 Å². The van der Waals surface area contributed by atoms with Crippen LogP contribution in [-0.4, -0.2) is 32.9 Å². The first-order valence-corrected chi connectivity index (χ1v) is 7.92. The van der Waals surface area contributed by atoms with E-state index in [9.17, 15) is 9.90 Å². The third-order valence-electron chi connectivity index (χ3n) is 2.92. The third-order valence-corrected chi connectivity index (χ3v) is 4.05. The van der Waals surface area contributed by atoms with Crippen LogP contribution in [-0.2, 0) is 0 Å². The molecule has 0 aliphatic rings. The van der Waals surface area contributed by atoms with E-state index in [1.54, 1.807) is 0 Å². The Hall–Kier alpha value is -2.52. The predicted octanol–water partition coefficient (Wildman–Crippen LogP) is 2.90. The second-order valence-corrected chi connectivity index (χ2v) is 5.91. The summed E-state index contributed by atoms with van der Waals surface area (Å²) in [6.07, 6.45) is 1.25. The molecule has 0 amide bonds. The van der Waals surface area contributed by atoms with E-state index >= 15 is 0 Å². The van der Waals surface area contributed by atoms with Crippen LogP contribution in [0.3, 0.4) is 0 Å². The molecule has 0 saturated carbocycles. The van der Waals surface area contributed by atoms with Crippen molar-refractivity contribution < 1.29 is 9.84 Å². The van der Waals surface area contributed by atoms with E-state index in [0.717, 1.165) is 16.0 Å². The van der Waals surface area contributed by atoms with Crippen molar-refractivity contribution in [3.8, 4) is 11.6 Å². The van der Waals surface area contributed by atoms with E-state index < -0.39 is 5.56 Å². The van der Waals surface area contributed by atoms with Crippen molar-refractivity contribution >= 4 is 45.1 Å². The Balaban J connectivity index is 1.95. The second kappa shape index (κ2) is 6.31. The number of H-pyrrole nitrogens is 2. The summed E-state index contributed by atoms with van der Waals surface area (Å²) in [5, 5.41) is 10.2. The van der Waals surface area contributed by atoms with Crippen LogP contribution in [0.1, 0.15) is 12.5 Å². The van der Waals surface area contributed by atoms with E-state index in [4.69, 9.17) is 17.0 Å². The fourth-order valence-corrected chi connectivity index (χ4v) is 2.96. The molecule has 7 nitrogen and oxygen atoms in total. The van der Waals surface area contributed by atoms with Crippen LogP contribution in [0.4, 0.5) is 5.13 Å². The minimum absolute atomic E-state index is 0.00661. The minimum Gasteiger partial charge on any atom is -0.494 e. The molecule has 0 aliphatic heterocycles. The number of aromatic amines is 2. The number of benzene rings is 1. The minimum atomic E-state index is -0.519. The summed E-state index contributed by atoms with van der Waals surface area (Å²) in [6.45, 7) is 2.51. The zero-order valence-corrected chi connectivity index (χ0v) is 13.6. The van der Waals surface area contributed by atoms with Crippen LogP contribution in [0.5, 0.6) is 11.6 Å². The highest BCUT2D eigenvalue weighted by Gasteiger charge is 2.07. The molecule has 9 heteroatoms. The zero-order valence-electron chi connectivity index (χ0n) is 12.0. The van der Waals surface area contributed by atoms with Gasteiger partial charge in [0.2, 0.25) is 11.0 Å². The summed E-state index contributed by atoms with van der Waals surface area (Å²) in [4.78, 5) is 25.1. The Labute approximate surface area is 139 Å². The van der Waals surface area contributed by atoms with E-state index in [1.165, 1.54) is 17.6 Å². The summed E-state index contributed by atoms with van der Waals surface area (Å²) in [5.74, 6) is 0.436. The number of nitrogens with zero attached hydrogens (tertiary/aromatic N) is 2. The molecule has 2 heterocycles. The first-order valence-electron chi connectivity index (χ1n) is 6.70. The number of aromatic nitrogens is 3. The Morgan fingerprint density at radius 1 is 1.48 bits per heavy atom. The Morgan fingerprint density at radius 3 is 3.04 bits per heavy atom. The molecule has 0 bridgehead atoms. The molecule has 3 rings (SSSR count). The van der Waals surface area contributed by atoms with E-state index in [0.29, 0.717) is 11.7 Å². The molecule has 0 atom stereocenters. The average molecular weight is 348 g/mol. The van der Waals surface area contributed by atoms with Crippen molar-refractivity contribution in [2.24, 2.45) is 4.99 Å². The fraction of sp³-hybridized carbons (Fsp3) is 0.143. The normalized spacial score (nSPS) is 11.3. The van der Waals surface area contributed by atoms with Crippen molar-refractivity contribution in [1.29, 1.82) is 0 Å². The molecule has 0 radical (unpaired) electrons. The Bertz CT molecular complexity index is 1000. The van der Waals surface area contributed by atoms with Gasteiger partial charge in [-0.3, -0.25) is 9.78 Å². The topological polar surface area (TPSA) is 103 Å². The molecule has 2 aromatic heterocycles. The Kier molecular flexibility index (Phi) is 4.22. The van der Waals surface area contributed by atoms with Gasteiger partial charge in [-0.25, -0.2) is 9.98 Å². The van der Waals surface area contributed by atoms with Gasteiger partial charge >= 0.3 is 0 Å². The predicted molar refractivity (Wildman–Crippen MR) is 92.0 cm³/mol. The first-order chi connectivity index (χ1) is 11.1. The van der Waals surface area contributed by atoms with Crippen LogP contribution < -0.4 is 10.3 Å². The van der Waals surface area contributed by atoms with Crippen molar-refractivity contribution in [3.63, 3.8) is 0 Å². The molecule has 0 aliphatic carbocycles. The number of thiazole rings is 1. The number of aliphatic imine (C=N–C) groups is 1. The molecule has 0 saturated heterocycles. The number of hydrogen-bond donors (Lipinski definition) is 3. The molecule has 0 unspecified atom stereocenters. The second-order valence-electron chi connectivity index (χ2n) is 4.49. The number of ether oxygens (including phenoxy) is 1. The highest BCUT2D eigenvalue weighted by atomic mass is 32.1. The van der Waals surface area contributed by atoms with Gasteiger partial charge in [0.25, 0.3) is 5.56 Å². The van der Waals surface area contributed by atoms with Crippen LogP contribution in [0.15, 0.2) is 28.0 Å². The summed E-state index contributed by atoms with van der Waals surface area (Å²) in [6, 6.07) is 5.58. The standard InChI is InChI=1S/C14H12N4O3S2/c1-2-21-7-3-4-9-10(5-7)23-14(16-9)15-6-8-11(19)17-13(22)18-12(8)20/h3-6H,2H2,1H3,(H3,17,18,19,20,22)/b15-6+. The molecular formula is C14H12N4O3S2. The highest BCUT2D eigenvalue weighted by molar-refractivity contribution is 7.71. The van der Waals surface area contributed by atoms with Gasteiger partial charge in [-0.2, -0.15) is 0 Å². The van der Waals surface area contributed by atoms with Gasteiger partial charge in [0, 0.05) is 6.21 Å². The van der Waals surface area contributed by atoms with Gasteiger partial charge in [-0.1, -0.05) is 11.3 Å². The summed E-state index contributed by atoms with van der Waals surface area (Å²) < 4.78 is 6.42. The summed E-state index contributed by atoms with van der Waals surface area (Å²) in [7, 11) is 0. The monoisotopic (exact) mass is 348 g/mol.